The fourth-order valence-electron chi connectivity index (χ4n) is 1.22. The molecule has 0 aliphatic heterocycles. The quantitative estimate of drug-likeness (QED) is 0.557. The molecule has 0 spiro atoms. The Balaban J connectivity index is 2.18. The van der Waals surface area contributed by atoms with Crippen molar-refractivity contribution in [1.29, 1.82) is 0 Å². The minimum Gasteiger partial charge on any atom is -0.469 e. The monoisotopic (exact) mass is 122 g/mol. The molecule has 1 aromatic rings. The van der Waals surface area contributed by atoms with E-state index in [0.717, 1.165) is 11.8 Å². The third-order valence-corrected chi connectivity index (χ3v) is 2.02. The Morgan fingerprint density at radius 1 is 1.67 bits per heavy atom. The average Bonchev–Trinajstić information content (AvgIpc) is 2.44. The van der Waals surface area contributed by atoms with Gasteiger partial charge in [0, 0.05) is 5.92 Å². The Morgan fingerprint density at radius 3 is 2.89 bits per heavy atom. The van der Waals surface area contributed by atoms with E-state index in [1.165, 1.54) is 12.2 Å². The van der Waals surface area contributed by atoms with Crippen molar-refractivity contribution < 1.29 is 4.42 Å². The molecule has 0 amide bonds. The minimum atomic E-state index is 0.736. The maximum Gasteiger partial charge on any atom is 0.107 e. The first-order valence-corrected chi connectivity index (χ1v) is 3.41. The Hall–Kier alpha value is -0.720. The van der Waals surface area contributed by atoms with Gasteiger partial charge in [0.25, 0.3) is 0 Å². The van der Waals surface area contributed by atoms with E-state index in [9.17, 15) is 0 Å². The van der Waals surface area contributed by atoms with Crippen LogP contribution in [0.5, 0.6) is 0 Å². The first-order chi connectivity index (χ1) is 4.38. The van der Waals surface area contributed by atoms with Crippen LogP contribution in [0.15, 0.2) is 22.8 Å². The number of hydrogen-bond acceptors (Lipinski definition) is 1. The zero-order chi connectivity index (χ0) is 6.27. The van der Waals surface area contributed by atoms with Crippen molar-refractivity contribution >= 4 is 0 Å². The van der Waals surface area contributed by atoms with Crippen molar-refractivity contribution in [2.75, 3.05) is 0 Å². The van der Waals surface area contributed by atoms with E-state index in [1.807, 2.05) is 6.07 Å². The van der Waals surface area contributed by atoms with Gasteiger partial charge in [0.2, 0.25) is 0 Å². The van der Waals surface area contributed by atoms with Crippen LogP contribution >= 0.6 is 0 Å². The summed E-state index contributed by atoms with van der Waals surface area (Å²) in [6, 6.07) is 4.02. The summed E-state index contributed by atoms with van der Waals surface area (Å²) < 4.78 is 5.23. The molecule has 0 N–H and O–H groups in total. The summed E-state index contributed by atoms with van der Waals surface area (Å²) in [6.07, 6.45) is 3.06. The highest BCUT2D eigenvalue weighted by Crippen LogP contribution is 2.46. The van der Waals surface area contributed by atoms with Gasteiger partial charge in [-0.1, -0.05) is 6.92 Å². The molecule has 1 aromatic heterocycles. The molecule has 9 heavy (non-hydrogen) atoms. The fraction of sp³-hybridized carbons (Fsp3) is 0.500. The van der Waals surface area contributed by atoms with Crippen LogP contribution in [0.1, 0.15) is 25.0 Å². The molecule has 0 bridgehead atoms. The molecule has 1 nitrogen and oxygen atoms in total. The highest BCUT2D eigenvalue weighted by atomic mass is 16.3. The van der Waals surface area contributed by atoms with Gasteiger partial charge in [-0.25, -0.2) is 0 Å². The molecule has 0 aromatic carbocycles. The SMILES string of the molecule is CC1CC1c1ccco1. The lowest BCUT2D eigenvalue weighted by molar-refractivity contribution is 0.506. The van der Waals surface area contributed by atoms with Crippen LogP contribution in [0.3, 0.4) is 0 Å². The summed E-state index contributed by atoms with van der Waals surface area (Å²) in [5.74, 6) is 2.76. The standard InChI is InChI=1S/C8H10O/c1-6-5-7(6)8-3-2-4-9-8/h2-4,6-7H,5H2,1H3. The fourth-order valence-corrected chi connectivity index (χ4v) is 1.22. The van der Waals surface area contributed by atoms with Crippen molar-refractivity contribution in [3.05, 3.63) is 24.2 Å². The Labute approximate surface area is 54.7 Å². The molecule has 1 saturated carbocycles. The lowest BCUT2D eigenvalue weighted by atomic mass is 10.3. The largest absolute Gasteiger partial charge is 0.469 e. The molecule has 2 atom stereocenters. The second-order valence-electron chi connectivity index (χ2n) is 2.83. The van der Waals surface area contributed by atoms with Crippen molar-refractivity contribution in [2.24, 2.45) is 5.92 Å². The summed E-state index contributed by atoms with van der Waals surface area (Å²) in [5.41, 5.74) is 0. The Morgan fingerprint density at radius 2 is 2.44 bits per heavy atom. The normalized spacial score (nSPS) is 32.6. The van der Waals surface area contributed by atoms with E-state index in [-0.39, 0.29) is 0 Å². The molecule has 2 unspecified atom stereocenters. The van der Waals surface area contributed by atoms with Crippen molar-refractivity contribution in [3.63, 3.8) is 0 Å². The van der Waals surface area contributed by atoms with E-state index in [0.29, 0.717) is 0 Å². The number of furan rings is 1. The first-order valence-electron chi connectivity index (χ1n) is 3.41. The van der Waals surface area contributed by atoms with E-state index in [4.69, 9.17) is 4.42 Å². The smallest absolute Gasteiger partial charge is 0.107 e. The maximum atomic E-state index is 5.23. The van der Waals surface area contributed by atoms with Gasteiger partial charge >= 0.3 is 0 Å². The van der Waals surface area contributed by atoms with Gasteiger partial charge in [0.1, 0.15) is 5.76 Å². The molecule has 1 heteroatoms. The molecule has 0 radical (unpaired) electrons. The van der Waals surface area contributed by atoms with Gasteiger partial charge < -0.3 is 4.42 Å². The van der Waals surface area contributed by atoms with Gasteiger partial charge in [0.15, 0.2) is 0 Å². The van der Waals surface area contributed by atoms with E-state index in [2.05, 4.69) is 13.0 Å². The van der Waals surface area contributed by atoms with Crippen LogP contribution in [0, 0.1) is 5.92 Å². The zero-order valence-electron chi connectivity index (χ0n) is 5.50. The highest BCUT2D eigenvalue weighted by Gasteiger charge is 2.35. The van der Waals surface area contributed by atoms with Crippen LogP contribution in [0.25, 0.3) is 0 Å². The number of hydrogen-bond donors (Lipinski definition) is 0. The molecule has 48 valence electrons. The predicted octanol–water partition coefficient (Wildman–Crippen LogP) is 2.40. The first kappa shape index (κ1) is 5.10. The molecule has 1 heterocycles. The summed E-state index contributed by atoms with van der Waals surface area (Å²) in [5, 5.41) is 0. The molecule has 1 fully saturated rings. The molecule has 2 rings (SSSR count). The number of rotatable bonds is 1. The van der Waals surface area contributed by atoms with Gasteiger partial charge in [-0.05, 0) is 24.5 Å². The van der Waals surface area contributed by atoms with Gasteiger partial charge in [-0.15, -0.1) is 0 Å². The van der Waals surface area contributed by atoms with Crippen molar-refractivity contribution in [2.45, 2.75) is 19.3 Å². The van der Waals surface area contributed by atoms with E-state index in [1.54, 1.807) is 6.26 Å². The van der Waals surface area contributed by atoms with Crippen LogP contribution in [0.2, 0.25) is 0 Å². The molecular weight excluding hydrogens is 112 g/mol. The van der Waals surface area contributed by atoms with Crippen molar-refractivity contribution in [3.8, 4) is 0 Å². The van der Waals surface area contributed by atoms with E-state index >= 15 is 0 Å². The molecule has 1 aliphatic rings. The highest BCUT2D eigenvalue weighted by molar-refractivity contribution is 5.13. The Kier molecular flexibility index (Phi) is 0.922. The minimum absolute atomic E-state index is 0.736. The summed E-state index contributed by atoms with van der Waals surface area (Å²) in [7, 11) is 0. The molecule has 1 aliphatic carbocycles. The molecule has 0 saturated heterocycles. The van der Waals surface area contributed by atoms with E-state index < -0.39 is 0 Å². The van der Waals surface area contributed by atoms with Crippen LogP contribution in [-0.2, 0) is 0 Å². The van der Waals surface area contributed by atoms with Gasteiger partial charge in [0.05, 0.1) is 6.26 Å². The molecular formula is C8H10O. The topological polar surface area (TPSA) is 13.1 Å². The maximum absolute atomic E-state index is 5.23. The third-order valence-electron chi connectivity index (χ3n) is 2.02. The van der Waals surface area contributed by atoms with Crippen molar-refractivity contribution in [1.82, 2.24) is 0 Å². The Bertz CT molecular complexity index is 188. The van der Waals surface area contributed by atoms with Gasteiger partial charge in [-0.3, -0.25) is 0 Å². The lowest BCUT2D eigenvalue weighted by Crippen LogP contribution is -1.72. The summed E-state index contributed by atoms with van der Waals surface area (Å²) >= 11 is 0. The average molecular weight is 122 g/mol. The van der Waals surface area contributed by atoms with Crippen LogP contribution in [0.4, 0.5) is 0 Å². The summed E-state index contributed by atoms with van der Waals surface area (Å²) in [4.78, 5) is 0. The zero-order valence-corrected chi connectivity index (χ0v) is 5.50. The van der Waals surface area contributed by atoms with Crippen LogP contribution < -0.4 is 0 Å². The predicted molar refractivity (Wildman–Crippen MR) is 35.2 cm³/mol. The summed E-state index contributed by atoms with van der Waals surface area (Å²) in [6.45, 7) is 2.26. The lowest BCUT2D eigenvalue weighted by Gasteiger charge is -1.86. The van der Waals surface area contributed by atoms with Gasteiger partial charge in [-0.2, -0.15) is 0 Å². The second kappa shape index (κ2) is 1.63. The third kappa shape index (κ3) is 0.766. The second-order valence-corrected chi connectivity index (χ2v) is 2.83. The van der Waals surface area contributed by atoms with Crippen LogP contribution in [-0.4, -0.2) is 0 Å².